The van der Waals surface area contributed by atoms with E-state index in [4.69, 9.17) is 10.5 Å². The van der Waals surface area contributed by atoms with Gasteiger partial charge in [0.25, 0.3) is 5.91 Å². The van der Waals surface area contributed by atoms with Gasteiger partial charge >= 0.3 is 0 Å². The molecule has 112 valence electrons. The third kappa shape index (κ3) is 5.74. The average Bonchev–Trinajstić information content (AvgIpc) is 2.45. The van der Waals surface area contributed by atoms with Crippen LogP contribution in [0.3, 0.4) is 0 Å². The van der Waals surface area contributed by atoms with Gasteiger partial charge in [-0.3, -0.25) is 4.79 Å². The van der Waals surface area contributed by atoms with E-state index in [9.17, 15) is 4.79 Å². The fourth-order valence-corrected chi connectivity index (χ4v) is 2.39. The Bertz CT molecular complexity index is 424. The van der Waals surface area contributed by atoms with Crippen LogP contribution in [0.15, 0.2) is 18.2 Å². The van der Waals surface area contributed by atoms with E-state index in [1.54, 1.807) is 25.3 Å². The van der Waals surface area contributed by atoms with Gasteiger partial charge in [0.1, 0.15) is 5.75 Å². The zero-order chi connectivity index (χ0) is 14.8. The summed E-state index contributed by atoms with van der Waals surface area (Å²) in [4.78, 5) is 12.0. The Hall–Kier alpha value is -1.36. The van der Waals surface area contributed by atoms with Crippen molar-refractivity contribution in [1.29, 1.82) is 0 Å². The number of methoxy groups -OCH3 is 1. The number of nitrogen functional groups attached to an aromatic ring is 1. The summed E-state index contributed by atoms with van der Waals surface area (Å²) < 4.78 is 5.06. The molecule has 0 spiro atoms. The lowest BCUT2D eigenvalue weighted by Crippen LogP contribution is -2.25. The molecule has 0 fully saturated rings. The van der Waals surface area contributed by atoms with Crippen LogP contribution in [0.4, 0.5) is 5.69 Å². The molecular weight excluding hydrogens is 272 g/mol. The Balaban J connectivity index is 2.29. The number of nitrogens with two attached hydrogens (primary N) is 1. The lowest BCUT2D eigenvalue weighted by molar-refractivity contribution is 0.0954. The molecule has 0 unspecified atom stereocenters. The zero-order valence-electron chi connectivity index (χ0n) is 12.3. The van der Waals surface area contributed by atoms with Gasteiger partial charge in [0.15, 0.2) is 0 Å². The van der Waals surface area contributed by atoms with Crippen molar-refractivity contribution < 1.29 is 9.53 Å². The number of benzene rings is 1. The summed E-state index contributed by atoms with van der Waals surface area (Å²) in [5.74, 6) is 1.76. The van der Waals surface area contributed by atoms with Gasteiger partial charge in [0.05, 0.1) is 12.7 Å². The van der Waals surface area contributed by atoms with Crippen molar-refractivity contribution in [2.24, 2.45) is 0 Å². The predicted octanol–water partition coefficient (Wildman–Crippen LogP) is 2.93. The Kier molecular flexibility index (Phi) is 7.95. The van der Waals surface area contributed by atoms with Crippen LogP contribution in [-0.4, -0.2) is 31.6 Å². The summed E-state index contributed by atoms with van der Waals surface area (Å²) in [5, 5.41) is 2.90. The van der Waals surface area contributed by atoms with Crippen molar-refractivity contribution >= 4 is 23.4 Å². The third-order valence-electron chi connectivity index (χ3n) is 3.06. The van der Waals surface area contributed by atoms with E-state index < -0.39 is 0 Å². The van der Waals surface area contributed by atoms with Gasteiger partial charge in [-0.25, -0.2) is 0 Å². The quantitative estimate of drug-likeness (QED) is 0.543. The van der Waals surface area contributed by atoms with Gasteiger partial charge < -0.3 is 15.8 Å². The second-order valence-electron chi connectivity index (χ2n) is 4.62. The molecule has 0 bridgehead atoms. The standard InChI is InChI=1S/C15H24N2O2S/c1-19-12-7-8-13(14(16)11-12)15(18)17-9-5-3-4-6-10-20-2/h7-8,11H,3-6,9-10,16H2,1-2H3,(H,17,18). The first kappa shape index (κ1) is 16.7. The van der Waals surface area contributed by atoms with Crippen LogP contribution in [0, 0.1) is 0 Å². The lowest BCUT2D eigenvalue weighted by Gasteiger charge is -2.09. The van der Waals surface area contributed by atoms with Gasteiger partial charge in [-0.05, 0) is 37.0 Å². The number of nitrogens with one attached hydrogen (secondary N) is 1. The van der Waals surface area contributed by atoms with Crippen molar-refractivity contribution in [1.82, 2.24) is 5.32 Å². The highest BCUT2D eigenvalue weighted by Crippen LogP contribution is 2.19. The van der Waals surface area contributed by atoms with Gasteiger partial charge in [-0.15, -0.1) is 0 Å². The van der Waals surface area contributed by atoms with Gasteiger partial charge in [0, 0.05) is 18.3 Å². The van der Waals surface area contributed by atoms with E-state index in [1.807, 2.05) is 11.8 Å². The van der Waals surface area contributed by atoms with Crippen LogP contribution in [0.1, 0.15) is 36.0 Å². The number of rotatable bonds is 9. The monoisotopic (exact) mass is 296 g/mol. The minimum absolute atomic E-state index is 0.116. The number of carbonyl (C=O) groups is 1. The van der Waals surface area contributed by atoms with Crippen molar-refractivity contribution in [3.05, 3.63) is 23.8 Å². The number of ether oxygens (including phenoxy) is 1. The number of hydrogen-bond donors (Lipinski definition) is 2. The van der Waals surface area contributed by atoms with E-state index in [-0.39, 0.29) is 5.91 Å². The van der Waals surface area contributed by atoms with Crippen LogP contribution in [0.25, 0.3) is 0 Å². The summed E-state index contributed by atoms with van der Waals surface area (Å²) in [6, 6.07) is 5.10. The third-order valence-corrected chi connectivity index (χ3v) is 3.76. The number of hydrogen-bond acceptors (Lipinski definition) is 4. The molecule has 0 aliphatic rings. The first-order valence-corrected chi connectivity index (χ1v) is 8.29. The minimum Gasteiger partial charge on any atom is -0.497 e. The largest absolute Gasteiger partial charge is 0.497 e. The molecular formula is C15H24N2O2S. The fraction of sp³-hybridized carbons (Fsp3) is 0.533. The van der Waals surface area contributed by atoms with Crippen LogP contribution < -0.4 is 15.8 Å². The second kappa shape index (κ2) is 9.53. The Morgan fingerprint density at radius 2 is 2.05 bits per heavy atom. The van der Waals surface area contributed by atoms with Gasteiger partial charge in [-0.2, -0.15) is 11.8 Å². The van der Waals surface area contributed by atoms with Crippen LogP contribution in [-0.2, 0) is 0 Å². The van der Waals surface area contributed by atoms with Crippen LogP contribution >= 0.6 is 11.8 Å². The van der Waals surface area contributed by atoms with Crippen LogP contribution in [0.5, 0.6) is 5.75 Å². The Morgan fingerprint density at radius 3 is 2.70 bits per heavy atom. The number of thioether (sulfide) groups is 1. The Morgan fingerprint density at radius 1 is 1.30 bits per heavy atom. The average molecular weight is 296 g/mol. The maximum Gasteiger partial charge on any atom is 0.253 e. The maximum atomic E-state index is 12.0. The predicted molar refractivity (Wildman–Crippen MR) is 86.6 cm³/mol. The zero-order valence-corrected chi connectivity index (χ0v) is 13.1. The molecule has 0 aromatic heterocycles. The molecule has 0 saturated carbocycles. The van der Waals surface area contributed by atoms with Crippen molar-refractivity contribution in [2.75, 3.05) is 31.4 Å². The van der Waals surface area contributed by atoms with E-state index >= 15 is 0 Å². The number of carbonyl (C=O) groups excluding carboxylic acids is 1. The molecule has 1 aromatic rings. The molecule has 0 atom stereocenters. The molecule has 0 saturated heterocycles. The summed E-state index contributed by atoms with van der Waals surface area (Å²) >= 11 is 1.88. The fourth-order valence-electron chi connectivity index (χ4n) is 1.90. The molecule has 1 aromatic carbocycles. The lowest BCUT2D eigenvalue weighted by atomic mass is 10.1. The highest BCUT2D eigenvalue weighted by atomic mass is 32.2. The van der Waals surface area contributed by atoms with Crippen molar-refractivity contribution in [3.63, 3.8) is 0 Å². The molecule has 1 amide bonds. The molecule has 0 radical (unpaired) electrons. The second-order valence-corrected chi connectivity index (χ2v) is 5.60. The van der Waals surface area contributed by atoms with Crippen LogP contribution in [0.2, 0.25) is 0 Å². The number of amides is 1. The normalized spacial score (nSPS) is 10.3. The molecule has 20 heavy (non-hydrogen) atoms. The summed E-state index contributed by atoms with van der Waals surface area (Å²) in [5.41, 5.74) is 6.79. The summed E-state index contributed by atoms with van der Waals surface area (Å²) in [7, 11) is 1.57. The Labute approximate surface area is 125 Å². The molecule has 0 aliphatic carbocycles. The SMILES string of the molecule is COc1ccc(C(=O)NCCCCCCSC)c(N)c1. The smallest absolute Gasteiger partial charge is 0.253 e. The molecule has 1 rings (SSSR count). The number of anilines is 1. The molecule has 0 aliphatic heterocycles. The van der Waals surface area contributed by atoms with Gasteiger partial charge in [-0.1, -0.05) is 12.8 Å². The van der Waals surface area contributed by atoms with Crippen molar-refractivity contribution in [2.45, 2.75) is 25.7 Å². The van der Waals surface area contributed by atoms with E-state index in [2.05, 4.69) is 11.6 Å². The van der Waals surface area contributed by atoms with Crippen molar-refractivity contribution in [3.8, 4) is 5.75 Å². The van der Waals surface area contributed by atoms with E-state index in [1.165, 1.54) is 18.6 Å². The summed E-state index contributed by atoms with van der Waals surface area (Å²) in [6.45, 7) is 0.698. The molecule has 5 heteroatoms. The van der Waals surface area contributed by atoms with E-state index in [0.29, 0.717) is 23.5 Å². The first-order chi connectivity index (χ1) is 9.69. The minimum atomic E-state index is -0.116. The molecule has 0 heterocycles. The highest BCUT2D eigenvalue weighted by molar-refractivity contribution is 7.98. The van der Waals surface area contributed by atoms with Gasteiger partial charge in [0.2, 0.25) is 0 Å². The topological polar surface area (TPSA) is 64.3 Å². The molecule has 3 N–H and O–H groups in total. The van der Waals surface area contributed by atoms with E-state index in [0.717, 1.165) is 12.8 Å². The maximum absolute atomic E-state index is 12.0. The first-order valence-electron chi connectivity index (χ1n) is 6.89. The molecule has 4 nitrogen and oxygen atoms in total. The summed E-state index contributed by atoms with van der Waals surface area (Å²) in [6.07, 6.45) is 6.76. The number of unbranched alkanes of at least 4 members (excludes halogenated alkanes) is 3. The highest BCUT2D eigenvalue weighted by Gasteiger charge is 2.09.